The minimum atomic E-state index is 0.149. The molecule has 1 N–H and O–H groups in total. The Morgan fingerprint density at radius 1 is 0.939 bits per heavy atom. The second-order valence-corrected chi connectivity index (χ2v) is 10.1. The summed E-state index contributed by atoms with van der Waals surface area (Å²) in [5.41, 5.74) is 3.40. The van der Waals surface area contributed by atoms with Gasteiger partial charge in [-0.3, -0.25) is 9.69 Å². The van der Waals surface area contributed by atoms with E-state index < -0.39 is 0 Å². The lowest BCUT2D eigenvalue weighted by Gasteiger charge is -2.32. The Hall–Kier alpha value is -2.37. The molecule has 1 saturated heterocycles. The number of nitrogens with one attached hydrogen (secondary N) is 1. The third-order valence-electron chi connectivity index (χ3n) is 7.26. The van der Waals surface area contributed by atoms with Gasteiger partial charge in [-0.15, -0.1) is 0 Å². The van der Waals surface area contributed by atoms with Crippen molar-refractivity contribution in [3.63, 3.8) is 0 Å². The van der Waals surface area contributed by atoms with Gasteiger partial charge in [0.05, 0.1) is 17.6 Å². The molecular weight excluding hydrogens is 432 g/mol. The summed E-state index contributed by atoms with van der Waals surface area (Å²) in [4.78, 5) is 20.2. The number of rotatable bonds is 6. The van der Waals surface area contributed by atoms with E-state index in [0.29, 0.717) is 6.04 Å². The van der Waals surface area contributed by atoms with Gasteiger partial charge in [-0.25, -0.2) is 4.98 Å². The molecule has 174 valence electrons. The van der Waals surface area contributed by atoms with Gasteiger partial charge in [-0.1, -0.05) is 55.1 Å². The van der Waals surface area contributed by atoms with Crippen molar-refractivity contribution in [2.24, 2.45) is 5.92 Å². The van der Waals surface area contributed by atoms with E-state index in [1.807, 2.05) is 18.2 Å². The van der Waals surface area contributed by atoms with Crippen molar-refractivity contribution in [2.45, 2.75) is 64.1 Å². The van der Waals surface area contributed by atoms with E-state index in [9.17, 15) is 4.79 Å². The number of imidazole rings is 1. The molecular formula is C27H33ClN4O. The molecule has 0 radical (unpaired) electrons. The molecule has 33 heavy (non-hydrogen) atoms. The van der Waals surface area contributed by atoms with Crippen LogP contribution in [0.25, 0.3) is 11.0 Å². The second kappa shape index (κ2) is 10.3. The molecule has 0 spiro atoms. The fourth-order valence-electron chi connectivity index (χ4n) is 5.31. The number of fused-ring (bicyclic) bond motifs is 1. The van der Waals surface area contributed by atoms with Gasteiger partial charge in [0.2, 0.25) is 5.91 Å². The van der Waals surface area contributed by atoms with Gasteiger partial charge in [0.25, 0.3) is 0 Å². The number of para-hydroxylation sites is 2. The van der Waals surface area contributed by atoms with Gasteiger partial charge in [0.15, 0.2) is 0 Å². The molecule has 2 aliphatic rings. The number of amides is 1. The van der Waals surface area contributed by atoms with E-state index in [-0.39, 0.29) is 11.8 Å². The highest BCUT2D eigenvalue weighted by atomic mass is 35.5. The SMILES string of the molecule is O=C(NC1CCCCC1)C1CCN(Cc2nc3ccccc3n2Cc2ccc(Cl)cc2)CC1. The first kappa shape index (κ1) is 22.4. The number of hydrogen-bond acceptors (Lipinski definition) is 3. The number of piperidine rings is 1. The van der Waals surface area contributed by atoms with Gasteiger partial charge in [0.1, 0.15) is 5.82 Å². The zero-order valence-corrected chi connectivity index (χ0v) is 19.9. The Bertz CT molecular complexity index is 1080. The van der Waals surface area contributed by atoms with E-state index >= 15 is 0 Å². The summed E-state index contributed by atoms with van der Waals surface area (Å²) in [6.45, 7) is 3.45. The van der Waals surface area contributed by atoms with Crippen molar-refractivity contribution in [1.82, 2.24) is 19.8 Å². The fraction of sp³-hybridized carbons (Fsp3) is 0.481. The summed E-state index contributed by atoms with van der Waals surface area (Å²) < 4.78 is 2.32. The van der Waals surface area contributed by atoms with Crippen molar-refractivity contribution < 1.29 is 4.79 Å². The molecule has 0 unspecified atom stereocenters. The molecule has 1 aliphatic carbocycles. The molecule has 2 aromatic carbocycles. The molecule has 1 amide bonds. The predicted octanol–water partition coefficient (Wildman–Crippen LogP) is 5.40. The normalized spacial score (nSPS) is 18.6. The molecule has 2 heterocycles. The van der Waals surface area contributed by atoms with Gasteiger partial charge < -0.3 is 9.88 Å². The van der Waals surface area contributed by atoms with Crippen molar-refractivity contribution in [3.05, 3.63) is 64.9 Å². The van der Waals surface area contributed by atoms with Crippen LogP contribution in [0.15, 0.2) is 48.5 Å². The maximum absolute atomic E-state index is 12.8. The Balaban J connectivity index is 1.24. The quantitative estimate of drug-likeness (QED) is 0.531. The zero-order chi connectivity index (χ0) is 22.6. The number of carbonyl (C=O) groups is 1. The topological polar surface area (TPSA) is 50.2 Å². The van der Waals surface area contributed by atoms with Crippen LogP contribution in [0.5, 0.6) is 0 Å². The molecule has 1 saturated carbocycles. The van der Waals surface area contributed by atoms with E-state index in [1.165, 1.54) is 24.8 Å². The first-order chi connectivity index (χ1) is 16.2. The Morgan fingerprint density at radius 3 is 2.42 bits per heavy atom. The Kier molecular flexibility index (Phi) is 6.98. The Labute approximate surface area is 201 Å². The highest BCUT2D eigenvalue weighted by molar-refractivity contribution is 6.30. The Morgan fingerprint density at radius 2 is 1.67 bits per heavy atom. The summed E-state index contributed by atoms with van der Waals surface area (Å²) in [5.74, 6) is 1.50. The van der Waals surface area contributed by atoms with Crippen LogP contribution in [-0.2, 0) is 17.9 Å². The van der Waals surface area contributed by atoms with Crippen LogP contribution in [0.1, 0.15) is 56.3 Å². The van der Waals surface area contributed by atoms with Gasteiger partial charge >= 0.3 is 0 Å². The highest BCUT2D eigenvalue weighted by Crippen LogP contribution is 2.24. The second-order valence-electron chi connectivity index (χ2n) is 9.62. The van der Waals surface area contributed by atoms with Gasteiger partial charge in [-0.2, -0.15) is 0 Å². The van der Waals surface area contributed by atoms with Gasteiger partial charge in [-0.05, 0) is 68.6 Å². The minimum absolute atomic E-state index is 0.149. The predicted molar refractivity (Wildman–Crippen MR) is 133 cm³/mol. The van der Waals surface area contributed by atoms with Crippen molar-refractivity contribution in [2.75, 3.05) is 13.1 Å². The van der Waals surface area contributed by atoms with Crippen LogP contribution in [-0.4, -0.2) is 39.5 Å². The molecule has 5 nitrogen and oxygen atoms in total. The number of carbonyl (C=O) groups excluding carboxylic acids is 1. The number of aromatic nitrogens is 2. The van der Waals surface area contributed by atoms with Crippen LogP contribution >= 0.6 is 11.6 Å². The van der Waals surface area contributed by atoms with Crippen LogP contribution in [0.4, 0.5) is 0 Å². The molecule has 2 fully saturated rings. The molecule has 0 bridgehead atoms. The lowest BCUT2D eigenvalue weighted by Crippen LogP contribution is -2.44. The van der Waals surface area contributed by atoms with E-state index in [2.05, 4.69) is 45.1 Å². The number of benzene rings is 2. The average Bonchev–Trinajstić information content (AvgIpc) is 3.18. The minimum Gasteiger partial charge on any atom is -0.353 e. The third-order valence-corrected chi connectivity index (χ3v) is 7.51. The molecule has 5 rings (SSSR count). The lowest BCUT2D eigenvalue weighted by molar-refractivity contribution is -0.127. The van der Waals surface area contributed by atoms with Crippen LogP contribution in [0, 0.1) is 5.92 Å². The largest absolute Gasteiger partial charge is 0.353 e. The summed E-state index contributed by atoms with van der Waals surface area (Å²) in [6, 6.07) is 16.8. The maximum Gasteiger partial charge on any atom is 0.223 e. The van der Waals surface area contributed by atoms with Crippen molar-refractivity contribution >= 4 is 28.5 Å². The summed E-state index contributed by atoms with van der Waals surface area (Å²) in [7, 11) is 0. The first-order valence-corrected chi connectivity index (χ1v) is 12.7. The van der Waals surface area contributed by atoms with E-state index in [1.54, 1.807) is 0 Å². The molecule has 1 aliphatic heterocycles. The maximum atomic E-state index is 12.8. The van der Waals surface area contributed by atoms with E-state index in [4.69, 9.17) is 16.6 Å². The smallest absolute Gasteiger partial charge is 0.223 e. The number of likely N-dealkylation sites (tertiary alicyclic amines) is 1. The van der Waals surface area contributed by atoms with E-state index in [0.717, 1.165) is 73.7 Å². The van der Waals surface area contributed by atoms with Crippen molar-refractivity contribution in [1.29, 1.82) is 0 Å². The molecule has 6 heteroatoms. The standard InChI is InChI=1S/C27H33ClN4O/c28-22-12-10-20(11-13-22)18-32-25-9-5-4-8-24(25)30-26(32)19-31-16-14-21(15-17-31)27(33)29-23-6-2-1-3-7-23/h4-5,8-13,21,23H,1-3,6-7,14-19H2,(H,29,33). The van der Waals surface area contributed by atoms with Crippen LogP contribution < -0.4 is 5.32 Å². The van der Waals surface area contributed by atoms with Crippen LogP contribution in [0.2, 0.25) is 5.02 Å². The zero-order valence-electron chi connectivity index (χ0n) is 19.2. The summed E-state index contributed by atoms with van der Waals surface area (Å²) in [6.07, 6.45) is 7.96. The number of halogens is 1. The average molecular weight is 465 g/mol. The summed E-state index contributed by atoms with van der Waals surface area (Å²) >= 11 is 6.08. The molecule has 0 atom stereocenters. The van der Waals surface area contributed by atoms with Gasteiger partial charge in [0, 0.05) is 23.5 Å². The summed E-state index contributed by atoms with van der Waals surface area (Å²) in [5, 5.41) is 4.08. The fourth-order valence-corrected chi connectivity index (χ4v) is 5.44. The highest BCUT2D eigenvalue weighted by Gasteiger charge is 2.27. The monoisotopic (exact) mass is 464 g/mol. The molecule has 3 aromatic rings. The lowest BCUT2D eigenvalue weighted by atomic mass is 9.92. The number of nitrogens with zero attached hydrogens (tertiary/aromatic N) is 3. The first-order valence-electron chi connectivity index (χ1n) is 12.4. The van der Waals surface area contributed by atoms with Crippen molar-refractivity contribution in [3.8, 4) is 0 Å². The molecule has 1 aromatic heterocycles. The van der Waals surface area contributed by atoms with Crippen LogP contribution in [0.3, 0.4) is 0 Å². The third kappa shape index (κ3) is 5.42. The number of hydrogen-bond donors (Lipinski definition) is 1.